The Kier molecular flexibility index (Phi) is 6.19. The van der Waals surface area contributed by atoms with Crippen molar-refractivity contribution in [3.63, 3.8) is 0 Å². The first-order chi connectivity index (χ1) is 10.2. The van der Waals surface area contributed by atoms with Crippen molar-refractivity contribution in [1.29, 1.82) is 0 Å². The second-order valence-corrected chi connectivity index (χ2v) is 5.55. The average molecular weight is 290 g/mol. The van der Waals surface area contributed by atoms with E-state index in [0.29, 0.717) is 11.5 Å². The quantitative estimate of drug-likeness (QED) is 0.862. The maximum absolute atomic E-state index is 13.7. The standard InChI is InChI=1S/C17H23FN2O/c1-21-13-15-5-3-7-20(11-15)12-16-8-14(4-2-6-19)9-17(18)10-16/h8-10,15H,3,5-7,11-13,19H2,1H3. The van der Waals surface area contributed by atoms with Gasteiger partial charge in [0.25, 0.3) is 0 Å². The van der Waals surface area contributed by atoms with E-state index < -0.39 is 0 Å². The molecular weight excluding hydrogens is 267 g/mol. The number of nitrogens with two attached hydrogens (primary N) is 1. The van der Waals surface area contributed by atoms with E-state index in [2.05, 4.69) is 16.7 Å². The van der Waals surface area contributed by atoms with Crippen molar-refractivity contribution in [2.24, 2.45) is 11.7 Å². The van der Waals surface area contributed by atoms with E-state index in [-0.39, 0.29) is 12.4 Å². The van der Waals surface area contributed by atoms with E-state index in [0.717, 1.165) is 31.8 Å². The number of hydrogen-bond acceptors (Lipinski definition) is 3. The van der Waals surface area contributed by atoms with Crippen LogP contribution in [0.25, 0.3) is 0 Å². The third-order valence-electron chi connectivity index (χ3n) is 3.70. The molecule has 1 atom stereocenters. The minimum absolute atomic E-state index is 0.237. The number of ether oxygens (including phenoxy) is 1. The van der Waals surface area contributed by atoms with Crippen LogP contribution < -0.4 is 5.73 Å². The van der Waals surface area contributed by atoms with Crippen LogP contribution in [0, 0.1) is 23.6 Å². The lowest BCUT2D eigenvalue weighted by molar-refractivity contribution is 0.0873. The van der Waals surface area contributed by atoms with Gasteiger partial charge in [0.1, 0.15) is 5.82 Å². The fourth-order valence-corrected chi connectivity index (χ4v) is 2.89. The molecule has 0 bridgehead atoms. The van der Waals surface area contributed by atoms with Gasteiger partial charge in [-0.25, -0.2) is 4.39 Å². The predicted molar refractivity (Wildman–Crippen MR) is 82.2 cm³/mol. The SMILES string of the molecule is COCC1CCCN(Cc2cc(F)cc(C#CCN)c2)C1. The zero-order valence-electron chi connectivity index (χ0n) is 12.6. The molecule has 0 amide bonds. The van der Waals surface area contributed by atoms with Crippen molar-refractivity contribution in [1.82, 2.24) is 4.90 Å². The van der Waals surface area contributed by atoms with Gasteiger partial charge >= 0.3 is 0 Å². The largest absolute Gasteiger partial charge is 0.384 e. The zero-order valence-corrected chi connectivity index (χ0v) is 12.6. The average Bonchev–Trinajstić information content (AvgIpc) is 2.45. The van der Waals surface area contributed by atoms with Gasteiger partial charge in [-0.05, 0) is 49.1 Å². The van der Waals surface area contributed by atoms with Crippen molar-refractivity contribution in [3.8, 4) is 11.8 Å². The molecule has 21 heavy (non-hydrogen) atoms. The van der Waals surface area contributed by atoms with E-state index in [9.17, 15) is 4.39 Å². The molecule has 0 saturated carbocycles. The Balaban J connectivity index is 2.03. The summed E-state index contributed by atoms with van der Waals surface area (Å²) in [5.74, 6) is 6.01. The summed E-state index contributed by atoms with van der Waals surface area (Å²) in [6.07, 6.45) is 2.38. The van der Waals surface area contributed by atoms with E-state index in [1.54, 1.807) is 13.2 Å². The molecule has 0 aromatic heterocycles. The van der Waals surface area contributed by atoms with Gasteiger partial charge in [-0.1, -0.05) is 11.8 Å². The van der Waals surface area contributed by atoms with Crippen LogP contribution in [0.3, 0.4) is 0 Å². The molecule has 1 aliphatic rings. The van der Waals surface area contributed by atoms with Gasteiger partial charge < -0.3 is 10.5 Å². The summed E-state index contributed by atoms with van der Waals surface area (Å²) in [5, 5.41) is 0. The van der Waals surface area contributed by atoms with Crippen LogP contribution in [0.15, 0.2) is 18.2 Å². The number of methoxy groups -OCH3 is 1. The number of piperidine rings is 1. The van der Waals surface area contributed by atoms with Gasteiger partial charge in [0.05, 0.1) is 13.2 Å². The molecule has 114 valence electrons. The Morgan fingerprint density at radius 1 is 1.43 bits per heavy atom. The van der Waals surface area contributed by atoms with Crippen LogP contribution in [-0.4, -0.2) is 38.3 Å². The highest BCUT2D eigenvalue weighted by atomic mass is 19.1. The molecule has 1 heterocycles. The highest BCUT2D eigenvalue weighted by Crippen LogP contribution is 2.19. The van der Waals surface area contributed by atoms with Crippen LogP contribution in [0.5, 0.6) is 0 Å². The summed E-state index contributed by atoms with van der Waals surface area (Å²) in [5.41, 5.74) is 7.02. The van der Waals surface area contributed by atoms with E-state index >= 15 is 0 Å². The molecule has 0 radical (unpaired) electrons. The summed E-state index contributed by atoms with van der Waals surface area (Å²) in [4.78, 5) is 2.36. The number of rotatable bonds is 4. The van der Waals surface area contributed by atoms with Gasteiger partial charge in [0, 0.05) is 25.8 Å². The minimum atomic E-state index is -0.237. The molecule has 1 aromatic rings. The molecular formula is C17H23FN2O. The zero-order chi connectivity index (χ0) is 15.1. The fourth-order valence-electron chi connectivity index (χ4n) is 2.89. The summed E-state index contributed by atoms with van der Waals surface area (Å²) >= 11 is 0. The predicted octanol–water partition coefficient (Wildman–Crippen LogP) is 1.99. The first-order valence-electron chi connectivity index (χ1n) is 7.41. The molecule has 2 N–H and O–H groups in total. The number of nitrogens with zero attached hydrogens (tertiary/aromatic N) is 1. The van der Waals surface area contributed by atoms with Gasteiger partial charge in [-0.2, -0.15) is 0 Å². The van der Waals surface area contributed by atoms with Crippen molar-refractivity contribution >= 4 is 0 Å². The Morgan fingerprint density at radius 2 is 2.29 bits per heavy atom. The van der Waals surface area contributed by atoms with Crippen LogP contribution in [0.2, 0.25) is 0 Å². The van der Waals surface area contributed by atoms with Gasteiger partial charge in [0.2, 0.25) is 0 Å². The summed E-state index contributed by atoms with van der Waals surface area (Å²) in [7, 11) is 1.74. The van der Waals surface area contributed by atoms with Crippen molar-refractivity contribution in [3.05, 3.63) is 35.1 Å². The highest BCUT2D eigenvalue weighted by Gasteiger charge is 2.19. The monoisotopic (exact) mass is 290 g/mol. The first-order valence-corrected chi connectivity index (χ1v) is 7.41. The molecule has 0 spiro atoms. The van der Waals surface area contributed by atoms with Gasteiger partial charge in [0.15, 0.2) is 0 Å². The Hall–Kier alpha value is -1.41. The highest BCUT2D eigenvalue weighted by molar-refractivity contribution is 5.38. The normalized spacial score (nSPS) is 19.1. The maximum atomic E-state index is 13.7. The lowest BCUT2D eigenvalue weighted by atomic mass is 9.98. The van der Waals surface area contributed by atoms with Crippen molar-refractivity contribution in [2.75, 3.05) is 33.4 Å². The minimum Gasteiger partial charge on any atom is -0.384 e. The van der Waals surface area contributed by atoms with Crippen LogP contribution >= 0.6 is 0 Å². The summed E-state index contributed by atoms with van der Waals surface area (Å²) in [6.45, 7) is 3.91. The molecule has 1 aromatic carbocycles. The summed E-state index contributed by atoms with van der Waals surface area (Å²) < 4.78 is 18.9. The van der Waals surface area contributed by atoms with Crippen molar-refractivity contribution < 1.29 is 9.13 Å². The van der Waals surface area contributed by atoms with Gasteiger partial charge in [-0.15, -0.1) is 0 Å². The first kappa shape index (κ1) is 16.0. The third kappa shape index (κ3) is 5.13. The molecule has 3 nitrogen and oxygen atoms in total. The Morgan fingerprint density at radius 3 is 3.05 bits per heavy atom. The molecule has 1 fully saturated rings. The molecule has 2 rings (SSSR count). The van der Waals surface area contributed by atoms with Crippen molar-refractivity contribution in [2.45, 2.75) is 19.4 Å². The number of likely N-dealkylation sites (tertiary alicyclic amines) is 1. The third-order valence-corrected chi connectivity index (χ3v) is 3.70. The molecule has 1 aliphatic heterocycles. The van der Waals surface area contributed by atoms with E-state index in [1.807, 2.05) is 6.07 Å². The number of halogens is 1. The van der Waals surface area contributed by atoms with Crippen LogP contribution in [0.1, 0.15) is 24.0 Å². The number of benzene rings is 1. The molecule has 0 aliphatic carbocycles. The van der Waals surface area contributed by atoms with Crippen LogP contribution in [-0.2, 0) is 11.3 Å². The lowest BCUT2D eigenvalue weighted by Crippen LogP contribution is -2.36. The van der Waals surface area contributed by atoms with Crippen LogP contribution in [0.4, 0.5) is 4.39 Å². The Bertz CT molecular complexity index is 519. The van der Waals surface area contributed by atoms with Gasteiger partial charge in [-0.3, -0.25) is 4.90 Å². The fraction of sp³-hybridized carbons (Fsp3) is 0.529. The lowest BCUT2D eigenvalue weighted by Gasteiger charge is -2.32. The second kappa shape index (κ2) is 8.14. The topological polar surface area (TPSA) is 38.5 Å². The second-order valence-electron chi connectivity index (χ2n) is 5.55. The number of hydrogen-bond donors (Lipinski definition) is 1. The molecule has 1 unspecified atom stereocenters. The smallest absolute Gasteiger partial charge is 0.124 e. The maximum Gasteiger partial charge on any atom is 0.124 e. The van der Waals surface area contributed by atoms with E-state index in [4.69, 9.17) is 10.5 Å². The summed E-state index contributed by atoms with van der Waals surface area (Å²) in [6, 6.07) is 5.00. The molecule has 1 saturated heterocycles. The Labute approximate surface area is 126 Å². The molecule has 4 heteroatoms. The van der Waals surface area contributed by atoms with E-state index in [1.165, 1.54) is 18.9 Å².